The molecule has 0 heterocycles. The highest BCUT2D eigenvalue weighted by Gasteiger charge is 2.02. The minimum Gasteiger partial charge on any atom is -0.497 e. The monoisotopic (exact) mass is 350 g/mol. The van der Waals surface area contributed by atoms with Crippen molar-refractivity contribution < 1.29 is 14.3 Å². The maximum absolute atomic E-state index is 11.6. The predicted molar refractivity (Wildman–Crippen MR) is 100 cm³/mol. The van der Waals surface area contributed by atoms with Gasteiger partial charge in [0.05, 0.1) is 20.3 Å². The molecule has 0 saturated carbocycles. The van der Waals surface area contributed by atoms with Crippen molar-refractivity contribution in [3.8, 4) is 5.75 Å². The van der Waals surface area contributed by atoms with Crippen LogP contribution in [0.4, 0.5) is 0 Å². The number of carbonyl (C=O) groups is 1. The first-order valence-electron chi connectivity index (χ1n) is 8.52. The van der Waals surface area contributed by atoms with E-state index in [9.17, 15) is 4.79 Å². The molecule has 1 aromatic rings. The average Bonchev–Trinajstić information content (AvgIpc) is 2.64. The van der Waals surface area contributed by atoms with E-state index in [2.05, 4.69) is 33.1 Å². The first-order valence-corrected chi connectivity index (χ1v) is 8.52. The lowest BCUT2D eigenvalue weighted by atomic mass is 10.1. The van der Waals surface area contributed by atoms with E-state index in [1.165, 1.54) is 5.56 Å². The van der Waals surface area contributed by atoms with E-state index < -0.39 is 0 Å². The summed E-state index contributed by atoms with van der Waals surface area (Å²) in [5.41, 5.74) is 1.30. The van der Waals surface area contributed by atoms with E-state index >= 15 is 0 Å². The summed E-state index contributed by atoms with van der Waals surface area (Å²) in [4.78, 5) is 15.7. The quantitative estimate of drug-likeness (QED) is 0.314. The van der Waals surface area contributed by atoms with Crippen LogP contribution in [0.25, 0.3) is 0 Å². The number of aliphatic imine (C=N–C) groups is 1. The predicted octanol–water partition coefficient (Wildman–Crippen LogP) is 0.946. The molecule has 0 aromatic heterocycles. The summed E-state index contributed by atoms with van der Waals surface area (Å²) in [6.45, 7) is 2.01. The number of rotatable bonds is 11. The van der Waals surface area contributed by atoms with Crippen LogP contribution < -0.4 is 20.7 Å². The molecule has 1 rings (SSSR count). The van der Waals surface area contributed by atoms with Gasteiger partial charge in [-0.15, -0.1) is 0 Å². The zero-order valence-electron chi connectivity index (χ0n) is 15.4. The first-order chi connectivity index (χ1) is 12.2. The van der Waals surface area contributed by atoms with Gasteiger partial charge in [0.25, 0.3) is 0 Å². The van der Waals surface area contributed by atoms with Crippen LogP contribution in [0.3, 0.4) is 0 Å². The number of aryl methyl sites for hydroxylation is 1. The van der Waals surface area contributed by atoms with Crippen LogP contribution in [0, 0.1) is 0 Å². The average molecular weight is 350 g/mol. The van der Waals surface area contributed by atoms with Gasteiger partial charge in [0.2, 0.25) is 5.91 Å². The molecule has 140 valence electrons. The smallest absolute Gasteiger partial charge is 0.239 e. The van der Waals surface area contributed by atoms with Crippen molar-refractivity contribution in [1.29, 1.82) is 0 Å². The van der Waals surface area contributed by atoms with E-state index in [-0.39, 0.29) is 12.5 Å². The van der Waals surface area contributed by atoms with Crippen LogP contribution in [-0.4, -0.2) is 59.4 Å². The van der Waals surface area contributed by atoms with Gasteiger partial charge in [-0.25, -0.2) is 0 Å². The molecule has 0 bridgehead atoms. The number of methoxy groups -OCH3 is 2. The number of hydrogen-bond donors (Lipinski definition) is 3. The summed E-state index contributed by atoms with van der Waals surface area (Å²) >= 11 is 0. The normalized spacial score (nSPS) is 11.1. The molecule has 0 atom stereocenters. The number of benzene rings is 1. The zero-order valence-corrected chi connectivity index (χ0v) is 15.4. The number of nitrogens with zero attached hydrogens (tertiary/aromatic N) is 1. The molecule has 0 saturated heterocycles. The van der Waals surface area contributed by atoms with Crippen molar-refractivity contribution >= 4 is 11.9 Å². The van der Waals surface area contributed by atoms with Crippen molar-refractivity contribution in [2.24, 2.45) is 4.99 Å². The topological polar surface area (TPSA) is 84.0 Å². The second kappa shape index (κ2) is 13.1. The van der Waals surface area contributed by atoms with Gasteiger partial charge >= 0.3 is 0 Å². The molecule has 1 amide bonds. The number of unbranched alkanes of at least 4 members (excludes halogenated alkanes) is 1. The third-order valence-corrected chi connectivity index (χ3v) is 3.61. The van der Waals surface area contributed by atoms with Gasteiger partial charge in [-0.1, -0.05) is 12.1 Å². The van der Waals surface area contributed by atoms with Crippen LogP contribution in [0.5, 0.6) is 5.75 Å². The van der Waals surface area contributed by atoms with Crippen LogP contribution in [0.15, 0.2) is 29.3 Å². The van der Waals surface area contributed by atoms with Crippen LogP contribution in [0.2, 0.25) is 0 Å². The van der Waals surface area contributed by atoms with E-state index in [0.29, 0.717) is 19.1 Å². The van der Waals surface area contributed by atoms with E-state index in [1.54, 1.807) is 21.3 Å². The van der Waals surface area contributed by atoms with Gasteiger partial charge in [0.15, 0.2) is 5.96 Å². The number of carbonyl (C=O) groups excluding carboxylic acids is 1. The Labute approximate surface area is 150 Å². The maximum atomic E-state index is 11.6. The van der Waals surface area contributed by atoms with Crippen LogP contribution in [0.1, 0.15) is 18.4 Å². The Kier molecular flexibility index (Phi) is 10.8. The SMILES string of the molecule is CN=C(NCCCCc1ccc(OC)cc1)NCC(=O)NCCOC. The summed E-state index contributed by atoms with van der Waals surface area (Å²) in [5.74, 6) is 1.43. The fraction of sp³-hybridized carbons (Fsp3) is 0.556. The largest absolute Gasteiger partial charge is 0.497 e. The molecular weight excluding hydrogens is 320 g/mol. The number of ether oxygens (including phenoxy) is 2. The van der Waals surface area contributed by atoms with E-state index in [0.717, 1.165) is 31.6 Å². The van der Waals surface area contributed by atoms with Gasteiger partial charge in [-0.05, 0) is 37.0 Å². The summed E-state index contributed by atoms with van der Waals surface area (Å²) in [6, 6.07) is 8.15. The summed E-state index contributed by atoms with van der Waals surface area (Å²) in [5, 5.41) is 8.95. The fourth-order valence-electron chi connectivity index (χ4n) is 2.19. The Morgan fingerprint density at radius 2 is 1.80 bits per heavy atom. The second-order valence-electron chi connectivity index (χ2n) is 5.50. The molecule has 0 fully saturated rings. The number of hydrogen-bond acceptors (Lipinski definition) is 4. The number of guanidine groups is 1. The highest BCUT2D eigenvalue weighted by atomic mass is 16.5. The van der Waals surface area contributed by atoms with Gasteiger partial charge < -0.3 is 25.4 Å². The van der Waals surface area contributed by atoms with Gasteiger partial charge in [-0.3, -0.25) is 9.79 Å². The zero-order chi connectivity index (χ0) is 18.3. The molecular formula is C18H30N4O3. The Bertz CT molecular complexity index is 518. The van der Waals surface area contributed by atoms with Crippen molar-refractivity contribution in [3.05, 3.63) is 29.8 Å². The van der Waals surface area contributed by atoms with Crippen molar-refractivity contribution in [3.63, 3.8) is 0 Å². The van der Waals surface area contributed by atoms with Crippen molar-refractivity contribution in [2.45, 2.75) is 19.3 Å². The Hall–Kier alpha value is -2.28. The Morgan fingerprint density at radius 1 is 1.04 bits per heavy atom. The summed E-state index contributed by atoms with van der Waals surface area (Å²) in [6.07, 6.45) is 3.13. The van der Waals surface area contributed by atoms with Gasteiger partial charge in [0, 0.05) is 27.2 Å². The van der Waals surface area contributed by atoms with Gasteiger partial charge in [0.1, 0.15) is 5.75 Å². The Morgan fingerprint density at radius 3 is 2.44 bits per heavy atom. The van der Waals surface area contributed by atoms with Gasteiger partial charge in [-0.2, -0.15) is 0 Å². The fourth-order valence-corrected chi connectivity index (χ4v) is 2.19. The Balaban J connectivity index is 2.12. The molecule has 0 aliphatic rings. The highest BCUT2D eigenvalue weighted by molar-refractivity contribution is 5.86. The molecule has 0 aliphatic heterocycles. The lowest BCUT2D eigenvalue weighted by molar-refractivity contribution is -0.120. The number of amides is 1. The summed E-state index contributed by atoms with van der Waals surface area (Å²) in [7, 11) is 4.96. The third kappa shape index (κ3) is 9.56. The minimum atomic E-state index is -0.0838. The maximum Gasteiger partial charge on any atom is 0.239 e. The van der Waals surface area contributed by atoms with E-state index in [4.69, 9.17) is 9.47 Å². The molecule has 0 spiro atoms. The molecule has 1 aromatic carbocycles. The third-order valence-electron chi connectivity index (χ3n) is 3.61. The lowest BCUT2D eigenvalue weighted by Crippen LogP contribution is -2.43. The summed E-state index contributed by atoms with van der Waals surface area (Å²) < 4.78 is 10.0. The molecule has 0 aliphatic carbocycles. The minimum absolute atomic E-state index is 0.0838. The molecule has 25 heavy (non-hydrogen) atoms. The van der Waals surface area contributed by atoms with Crippen LogP contribution in [-0.2, 0) is 16.0 Å². The molecule has 3 N–H and O–H groups in total. The number of nitrogens with one attached hydrogen (secondary N) is 3. The molecule has 7 heteroatoms. The van der Waals surface area contributed by atoms with Crippen molar-refractivity contribution in [2.75, 3.05) is 47.5 Å². The van der Waals surface area contributed by atoms with Crippen molar-refractivity contribution in [1.82, 2.24) is 16.0 Å². The molecule has 7 nitrogen and oxygen atoms in total. The first kappa shape index (κ1) is 20.8. The standard InChI is InChI=1S/C18H30N4O3/c1-19-18(22-14-17(23)20-12-13-24-2)21-11-5-4-6-15-7-9-16(25-3)10-8-15/h7-10H,4-6,11-14H2,1-3H3,(H,20,23)(H2,19,21,22). The second-order valence-corrected chi connectivity index (χ2v) is 5.50. The van der Waals surface area contributed by atoms with Crippen LogP contribution >= 0.6 is 0 Å². The van der Waals surface area contributed by atoms with E-state index in [1.807, 2.05) is 12.1 Å². The molecule has 0 unspecified atom stereocenters. The molecule has 0 radical (unpaired) electrons. The lowest BCUT2D eigenvalue weighted by Gasteiger charge is -2.12. The highest BCUT2D eigenvalue weighted by Crippen LogP contribution is 2.12.